The molecule has 4 heteroatoms. The number of hydrogen-bond donors (Lipinski definition) is 1. The molecule has 0 saturated heterocycles. The molecule has 2 N–H and O–H groups in total. The van der Waals surface area contributed by atoms with Gasteiger partial charge in [0.2, 0.25) is 0 Å². The molecule has 0 atom stereocenters. The first kappa shape index (κ1) is 8.27. The predicted octanol–water partition coefficient (Wildman–Crippen LogP) is 1.45. The molecule has 56 valence electrons. The van der Waals surface area contributed by atoms with Crippen LogP contribution in [0.25, 0.3) is 0 Å². The molecule has 11 heavy (non-hydrogen) atoms. The minimum atomic E-state index is 0.488. The van der Waals surface area contributed by atoms with E-state index in [1.165, 1.54) is 6.20 Å². The summed E-state index contributed by atoms with van der Waals surface area (Å²) in [5.41, 5.74) is 7.01. The molecule has 1 aromatic rings. The summed E-state index contributed by atoms with van der Waals surface area (Å²) >= 11 is 2.08. The van der Waals surface area contributed by atoms with Crippen molar-refractivity contribution in [3.8, 4) is 6.07 Å². The fourth-order valence-electron chi connectivity index (χ4n) is 0.711. The molecule has 0 fully saturated rings. The summed E-state index contributed by atoms with van der Waals surface area (Å²) in [4.78, 5) is 3.86. The minimum Gasteiger partial charge on any atom is -0.383 e. The number of halogens is 1. The lowest BCUT2D eigenvalue weighted by Gasteiger charge is -2.01. The Kier molecular flexibility index (Phi) is 2.29. The standard InChI is InChI=1S/C7H6IN3/c1-4-5(2-9)3-11-7(10)6(4)8/h3H,1H3,(H2,10,11). The van der Waals surface area contributed by atoms with Gasteiger partial charge < -0.3 is 5.73 Å². The Balaban J connectivity index is 3.40. The number of aromatic nitrogens is 1. The van der Waals surface area contributed by atoms with Crippen LogP contribution in [-0.2, 0) is 0 Å². The smallest absolute Gasteiger partial charge is 0.137 e. The van der Waals surface area contributed by atoms with E-state index >= 15 is 0 Å². The third-order valence-electron chi connectivity index (χ3n) is 1.41. The van der Waals surface area contributed by atoms with Crippen LogP contribution in [0.3, 0.4) is 0 Å². The number of nitrogen functional groups attached to an aromatic ring is 1. The average Bonchev–Trinajstić information content (AvgIpc) is 2.01. The third kappa shape index (κ3) is 1.43. The van der Waals surface area contributed by atoms with Gasteiger partial charge in [0.25, 0.3) is 0 Å². The number of pyridine rings is 1. The second kappa shape index (κ2) is 3.05. The number of hydrogen-bond acceptors (Lipinski definition) is 3. The quantitative estimate of drug-likeness (QED) is 0.717. The monoisotopic (exact) mass is 259 g/mol. The van der Waals surface area contributed by atoms with Gasteiger partial charge in [-0.05, 0) is 35.1 Å². The van der Waals surface area contributed by atoms with Crippen molar-refractivity contribution in [1.29, 1.82) is 5.26 Å². The number of nitriles is 1. The zero-order chi connectivity index (χ0) is 8.43. The molecule has 0 saturated carbocycles. The van der Waals surface area contributed by atoms with Crippen LogP contribution in [0.1, 0.15) is 11.1 Å². The van der Waals surface area contributed by atoms with Crippen LogP contribution in [0.5, 0.6) is 0 Å². The maximum atomic E-state index is 8.60. The lowest BCUT2D eigenvalue weighted by Crippen LogP contribution is -1.98. The second-order valence-electron chi connectivity index (χ2n) is 2.11. The Morgan fingerprint density at radius 1 is 1.73 bits per heavy atom. The normalized spacial score (nSPS) is 9.18. The van der Waals surface area contributed by atoms with E-state index in [9.17, 15) is 0 Å². The van der Waals surface area contributed by atoms with Gasteiger partial charge >= 0.3 is 0 Å². The van der Waals surface area contributed by atoms with Crippen molar-refractivity contribution < 1.29 is 0 Å². The van der Waals surface area contributed by atoms with Crippen LogP contribution >= 0.6 is 22.6 Å². The molecule has 1 rings (SSSR count). The van der Waals surface area contributed by atoms with Crippen molar-refractivity contribution in [3.05, 3.63) is 20.9 Å². The van der Waals surface area contributed by atoms with Crippen LogP contribution in [0.4, 0.5) is 5.82 Å². The molecule has 0 spiro atoms. The van der Waals surface area contributed by atoms with E-state index in [1.54, 1.807) is 0 Å². The Bertz CT molecular complexity index is 327. The first-order valence-electron chi connectivity index (χ1n) is 2.97. The van der Waals surface area contributed by atoms with Crippen molar-refractivity contribution in [1.82, 2.24) is 4.98 Å². The first-order valence-corrected chi connectivity index (χ1v) is 4.05. The van der Waals surface area contributed by atoms with E-state index in [0.717, 1.165) is 9.13 Å². The Labute approximate surface area is 78.4 Å². The molecule has 3 nitrogen and oxygen atoms in total. The van der Waals surface area contributed by atoms with E-state index < -0.39 is 0 Å². The fourth-order valence-corrected chi connectivity index (χ4v) is 1.14. The second-order valence-corrected chi connectivity index (χ2v) is 3.19. The molecule has 0 radical (unpaired) electrons. The molecular formula is C7H6IN3. The molecule has 0 bridgehead atoms. The van der Waals surface area contributed by atoms with E-state index in [-0.39, 0.29) is 0 Å². The first-order chi connectivity index (χ1) is 5.16. The fraction of sp³-hybridized carbons (Fsp3) is 0.143. The van der Waals surface area contributed by atoms with E-state index in [2.05, 4.69) is 27.6 Å². The van der Waals surface area contributed by atoms with E-state index in [1.807, 2.05) is 13.0 Å². The highest BCUT2D eigenvalue weighted by Crippen LogP contribution is 2.18. The van der Waals surface area contributed by atoms with Gasteiger partial charge in [0, 0.05) is 6.20 Å². The minimum absolute atomic E-state index is 0.488. The molecule has 1 aromatic heterocycles. The SMILES string of the molecule is Cc1c(C#N)cnc(N)c1I. The molecule has 0 aromatic carbocycles. The highest BCUT2D eigenvalue weighted by molar-refractivity contribution is 14.1. The Morgan fingerprint density at radius 3 is 2.91 bits per heavy atom. The molecule has 0 aliphatic carbocycles. The van der Waals surface area contributed by atoms with Crippen molar-refractivity contribution in [2.75, 3.05) is 5.73 Å². The predicted molar refractivity (Wildman–Crippen MR) is 50.8 cm³/mol. The molecule has 0 aliphatic heterocycles. The summed E-state index contributed by atoms with van der Waals surface area (Å²) in [6, 6.07) is 2.04. The highest BCUT2D eigenvalue weighted by Gasteiger charge is 2.04. The van der Waals surface area contributed by atoms with Crippen LogP contribution in [0.15, 0.2) is 6.20 Å². The summed E-state index contributed by atoms with van der Waals surface area (Å²) < 4.78 is 0.863. The summed E-state index contributed by atoms with van der Waals surface area (Å²) in [7, 11) is 0. The molecule has 0 aliphatic rings. The molecule has 1 heterocycles. The maximum absolute atomic E-state index is 8.60. The van der Waals surface area contributed by atoms with Gasteiger partial charge in [-0.3, -0.25) is 0 Å². The van der Waals surface area contributed by atoms with Crippen molar-refractivity contribution in [2.24, 2.45) is 0 Å². The number of anilines is 1. The summed E-state index contributed by atoms with van der Waals surface area (Å²) in [5.74, 6) is 0.488. The highest BCUT2D eigenvalue weighted by atomic mass is 127. The van der Waals surface area contributed by atoms with Gasteiger partial charge in [-0.2, -0.15) is 5.26 Å². The number of nitrogens with zero attached hydrogens (tertiary/aromatic N) is 2. The zero-order valence-corrected chi connectivity index (χ0v) is 8.08. The molecule has 0 unspecified atom stereocenters. The zero-order valence-electron chi connectivity index (χ0n) is 5.93. The lowest BCUT2D eigenvalue weighted by atomic mass is 10.2. The largest absolute Gasteiger partial charge is 0.383 e. The summed E-state index contributed by atoms with van der Waals surface area (Å²) in [5, 5.41) is 8.60. The van der Waals surface area contributed by atoms with Crippen LogP contribution in [0, 0.1) is 21.8 Å². The maximum Gasteiger partial charge on any atom is 0.137 e. The van der Waals surface area contributed by atoms with Gasteiger partial charge in [0.05, 0.1) is 9.13 Å². The van der Waals surface area contributed by atoms with Gasteiger partial charge in [-0.25, -0.2) is 4.98 Å². The third-order valence-corrected chi connectivity index (χ3v) is 2.77. The molecule has 0 amide bonds. The van der Waals surface area contributed by atoms with Crippen LogP contribution < -0.4 is 5.73 Å². The van der Waals surface area contributed by atoms with Crippen molar-refractivity contribution >= 4 is 28.4 Å². The van der Waals surface area contributed by atoms with Gasteiger partial charge in [0.1, 0.15) is 11.9 Å². The van der Waals surface area contributed by atoms with Gasteiger partial charge in [-0.15, -0.1) is 0 Å². The van der Waals surface area contributed by atoms with Gasteiger partial charge in [0.15, 0.2) is 0 Å². The summed E-state index contributed by atoms with van der Waals surface area (Å²) in [6.45, 7) is 1.86. The van der Waals surface area contributed by atoms with E-state index in [4.69, 9.17) is 11.0 Å². The lowest BCUT2D eigenvalue weighted by molar-refractivity contribution is 1.24. The Hall–Kier alpha value is -0.830. The van der Waals surface area contributed by atoms with E-state index in [0.29, 0.717) is 11.4 Å². The molecular weight excluding hydrogens is 253 g/mol. The Morgan fingerprint density at radius 2 is 2.36 bits per heavy atom. The van der Waals surface area contributed by atoms with Crippen molar-refractivity contribution in [2.45, 2.75) is 6.92 Å². The number of nitrogens with two attached hydrogens (primary N) is 1. The van der Waals surface area contributed by atoms with Crippen LogP contribution in [-0.4, -0.2) is 4.98 Å². The van der Waals surface area contributed by atoms with Gasteiger partial charge in [-0.1, -0.05) is 0 Å². The topological polar surface area (TPSA) is 62.7 Å². The average molecular weight is 259 g/mol. The van der Waals surface area contributed by atoms with Crippen molar-refractivity contribution in [3.63, 3.8) is 0 Å². The number of rotatable bonds is 0. The van der Waals surface area contributed by atoms with Crippen LogP contribution in [0.2, 0.25) is 0 Å². The summed E-state index contributed by atoms with van der Waals surface area (Å²) in [6.07, 6.45) is 1.49.